The Morgan fingerprint density at radius 2 is 2.17 bits per heavy atom. The van der Waals surface area contributed by atoms with E-state index in [1.807, 2.05) is 19.2 Å². The maximum atomic E-state index is 5.75. The smallest absolute Gasteiger partial charge is 0.119 e. The molecule has 1 unspecified atom stereocenters. The maximum Gasteiger partial charge on any atom is 0.119 e. The van der Waals surface area contributed by atoms with Crippen molar-refractivity contribution in [1.29, 1.82) is 0 Å². The van der Waals surface area contributed by atoms with Crippen LogP contribution in [0.5, 0.6) is 5.75 Å². The third-order valence-corrected chi connectivity index (χ3v) is 3.08. The largest absolute Gasteiger partial charge is 0.491 e. The first-order valence-corrected chi connectivity index (χ1v) is 6.44. The lowest BCUT2D eigenvalue weighted by atomic mass is 10.2. The van der Waals surface area contributed by atoms with E-state index in [4.69, 9.17) is 9.47 Å². The molecule has 1 atom stereocenters. The molecule has 1 aliphatic rings. The summed E-state index contributed by atoms with van der Waals surface area (Å²) in [7, 11) is 4.06. The van der Waals surface area contributed by atoms with E-state index in [-0.39, 0.29) is 6.10 Å². The number of likely N-dealkylation sites (N-methyl/N-ethyl adjacent to an activating group) is 1. The van der Waals surface area contributed by atoms with Gasteiger partial charge in [0, 0.05) is 19.6 Å². The van der Waals surface area contributed by atoms with Gasteiger partial charge in [-0.3, -0.25) is 0 Å². The zero-order valence-electron chi connectivity index (χ0n) is 11.2. The van der Waals surface area contributed by atoms with Gasteiger partial charge in [0.25, 0.3) is 0 Å². The second kappa shape index (κ2) is 6.73. The molecule has 4 nitrogen and oxygen atoms in total. The Bertz CT molecular complexity index is 353. The summed E-state index contributed by atoms with van der Waals surface area (Å²) >= 11 is 0. The number of morpholine rings is 1. The van der Waals surface area contributed by atoms with Crippen LogP contribution in [0.1, 0.15) is 5.56 Å². The summed E-state index contributed by atoms with van der Waals surface area (Å²) in [6, 6.07) is 8.19. The van der Waals surface area contributed by atoms with Gasteiger partial charge in [0.1, 0.15) is 18.5 Å². The van der Waals surface area contributed by atoms with Crippen molar-refractivity contribution in [3.8, 4) is 5.75 Å². The molecular weight excluding hydrogens is 228 g/mol. The van der Waals surface area contributed by atoms with Crippen LogP contribution in [0.15, 0.2) is 24.3 Å². The van der Waals surface area contributed by atoms with E-state index in [0.717, 1.165) is 32.0 Å². The van der Waals surface area contributed by atoms with Crippen LogP contribution < -0.4 is 10.1 Å². The first-order chi connectivity index (χ1) is 8.78. The lowest BCUT2D eigenvalue weighted by molar-refractivity contribution is -0.0403. The molecule has 1 N–H and O–H groups in total. The zero-order valence-corrected chi connectivity index (χ0v) is 11.2. The average Bonchev–Trinajstić information content (AvgIpc) is 2.38. The van der Waals surface area contributed by atoms with Crippen LogP contribution in [0.4, 0.5) is 0 Å². The highest BCUT2D eigenvalue weighted by Crippen LogP contribution is 2.13. The van der Waals surface area contributed by atoms with Crippen molar-refractivity contribution in [3.63, 3.8) is 0 Å². The predicted molar refractivity (Wildman–Crippen MR) is 71.9 cm³/mol. The lowest BCUT2D eigenvalue weighted by Gasteiger charge is -2.29. The van der Waals surface area contributed by atoms with E-state index < -0.39 is 0 Å². The fourth-order valence-electron chi connectivity index (χ4n) is 2.06. The van der Waals surface area contributed by atoms with Gasteiger partial charge in [-0.15, -0.1) is 0 Å². The highest BCUT2D eigenvalue weighted by Gasteiger charge is 2.17. The van der Waals surface area contributed by atoms with Gasteiger partial charge >= 0.3 is 0 Å². The van der Waals surface area contributed by atoms with Crippen molar-refractivity contribution in [2.24, 2.45) is 0 Å². The standard InChI is InChI=1S/C14H22N2O2/c1-15-9-12-3-5-13(6-4-12)18-11-14-10-16(2)7-8-17-14/h3-6,14-15H,7-11H2,1-2H3. The van der Waals surface area contributed by atoms with Crippen molar-refractivity contribution >= 4 is 0 Å². The van der Waals surface area contributed by atoms with Gasteiger partial charge < -0.3 is 19.7 Å². The van der Waals surface area contributed by atoms with Gasteiger partial charge in [0.05, 0.1) is 6.61 Å². The molecule has 1 aromatic rings. The van der Waals surface area contributed by atoms with Crippen molar-refractivity contribution in [2.45, 2.75) is 12.6 Å². The minimum absolute atomic E-state index is 0.181. The summed E-state index contributed by atoms with van der Waals surface area (Å²) in [6.45, 7) is 4.26. The molecule has 18 heavy (non-hydrogen) atoms. The van der Waals surface area contributed by atoms with Crippen molar-refractivity contribution in [2.75, 3.05) is 40.4 Å². The number of rotatable bonds is 5. The highest BCUT2D eigenvalue weighted by molar-refractivity contribution is 5.27. The Kier molecular flexibility index (Phi) is 4.99. The van der Waals surface area contributed by atoms with E-state index in [2.05, 4.69) is 29.4 Å². The molecular formula is C14H22N2O2. The molecule has 0 amide bonds. The minimum atomic E-state index is 0.181. The second-order valence-corrected chi connectivity index (χ2v) is 4.74. The van der Waals surface area contributed by atoms with Crippen molar-refractivity contribution in [3.05, 3.63) is 29.8 Å². The molecule has 4 heteroatoms. The van der Waals surface area contributed by atoms with Gasteiger partial charge in [0.15, 0.2) is 0 Å². The van der Waals surface area contributed by atoms with Crippen molar-refractivity contribution in [1.82, 2.24) is 10.2 Å². The Morgan fingerprint density at radius 3 is 2.83 bits per heavy atom. The molecule has 1 aliphatic heterocycles. The van der Waals surface area contributed by atoms with Crippen LogP contribution in [-0.4, -0.2) is 51.4 Å². The lowest BCUT2D eigenvalue weighted by Crippen LogP contribution is -2.42. The molecule has 0 aliphatic carbocycles. The molecule has 1 aromatic carbocycles. The monoisotopic (exact) mass is 250 g/mol. The van der Waals surface area contributed by atoms with Crippen LogP contribution >= 0.6 is 0 Å². The fourth-order valence-corrected chi connectivity index (χ4v) is 2.06. The Balaban J connectivity index is 1.78. The fraction of sp³-hybridized carbons (Fsp3) is 0.571. The summed E-state index contributed by atoms with van der Waals surface area (Å²) < 4.78 is 11.4. The molecule has 100 valence electrons. The summed E-state index contributed by atoms with van der Waals surface area (Å²) in [5.41, 5.74) is 1.26. The van der Waals surface area contributed by atoms with E-state index in [0.29, 0.717) is 6.61 Å². The van der Waals surface area contributed by atoms with E-state index >= 15 is 0 Å². The molecule has 1 saturated heterocycles. The van der Waals surface area contributed by atoms with Crippen LogP contribution in [0.2, 0.25) is 0 Å². The molecule has 1 heterocycles. The summed E-state index contributed by atoms with van der Waals surface area (Å²) in [4.78, 5) is 2.27. The number of nitrogens with one attached hydrogen (secondary N) is 1. The van der Waals surface area contributed by atoms with E-state index in [1.165, 1.54) is 5.56 Å². The Labute approximate surface area is 109 Å². The topological polar surface area (TPSA) is 33.7 Å². The molecule has 0 radical (unpaired) electrons. The summed E-state index contributed by atoms with van der Waals surface area (Å²) in [6.07, 6.45) is 0.181. The Hall–Kier alpha value is -1.10. The molecule has 0 saturated carbocycles. The number of hydrogen-bond acceptors (Lipinski definition) is 4. The minimum Gasteiger partial charge on any atom is -0.491 e. The molecule has 0 aromatic heterocycles. The van der Waals surface area contributed by atoms with E-state index in [9.17, 15) is 0 Å². The third kappa shape index (κ3) is 3.98. The second-order valence-electron chi connectivity index (χ2n) is 4.74. The molecule has 0 spiro atoms. The van der Waals surface area contributed by atoms with Crippen LogP contribution in [0, 0.1) is 0 Å². The van der Waals surface area contributed by atoms with Gasteiger partial charge in [-0.25, -0.2) is 0 Å². The van der Waals surface area contributed by atoms with Crippen LogP contribution in [0.3, 0.4) is 0 Å². The van der Waals surface area contributed by atoms with Gasteiger partial charge in [-0.05, 0) is 31.8 Å². The first-order valence-electron chi connectivity index (χ1n) is 6.44. The molecule has 2 rings (SSSR count). The van der Waals surface area contributed by atoms with Gasteiger partial charge in [0.2, 0.25) is 0 Å². The van der Waals surface area contributed by atoms with Gasteiger partial charge in [-0.1, -0.05) is 12.1 Å². The first kappa shape index (κ1) is 13.3. The molecule has 1 fully saturated rings. The quantitative estimate of drug-likeness (QED) is 0.849. The zero-order chi connectivity index (χ0) is 12.8. The normalized spacial score (nSPS) is 20.9. The molecule has 0 bridgehead atoms. The summed E-state index contributed by atoms with van der Waals surface area (Å²) in [5.74, 6) is 0.909. The van der Waals surface area contributed by atoms with Crippen LogP contribution in [0.25, 0.3) is 0 Å². The predicted octanol–water partition coefficient (Wildman–Crippen LogP) is 1.12. The van der Waals surface area contributed by atoms with Gasteiger partial charge in [-0.2, -0.15) is 0 Å². The van der Waals surface area contributed by atoms with Crippen molar-refractivity contribution < 1.29 is 9.47 Å². The SMILES string of the molecule is CNCc1ccc(OCC2CN(C)CCO2)cc1. The number of ether oxygens (including phenoxy) is 2. The number of nitrogens with zero attached hydrogens (tertiary/aromatic N) is 1. The number of hydrogen-bond donors (Lipinski definition) is 1. The van der Waals surface area contributed by atoms with Crippen LogP contribution in [-0.2, 0) is 11.3 Å². The third-order valence-electron chi connectivity index (χ3n) is 3.08. The summed E-state index contributed by atoms with van der Waals surface area (Å²) in [5, 5.41) is 3.13. The number of benzene rings is 1. The highest BCUT2D eigenvalue weighted by atomic mass is 16.5. The van der Waals surface area contributed by atoms with E-state index in [1.54, 1.807) is 0 Å². The Morgan fingerprint density at radius 1 is 1.39 bits per heavy atom. The average molecular weight is 250 g/mol. The maximum absolute atomic E-state index is 5.75.